The molecule has 0 bridgehead atoms. The molecule has 22 heavy (non-hydrogen) atoms. The van der Waals surface area contributed by atoms with E-state index in [2.05, 4.69) is 5.32 Å². The average Bonchev–Trinajstić information content (AvgIpc) is 2.53. The van der Waals surface area contributed by atoms with E-state index in [9.17, 15) is 18.0 Å². The Kier molecular flexibility index (Phi) is 4.55. The van der Waals surface area contributed by atoms with Gasteiger partial charge in [-0.3, -0.25) is 4.79 Å². The molecule has 0 unspecified atom stereocenters. The van der Waals surface area contributed by atoms with Crippen molar-refractivity contribution in [3.63, 3.8) is 0 Å². The van der Waals surface area contributed by atoms with Crippen molar-refractivity contribution in [2.24, 2.45) is 0 Å². The fourth-order valence-electron chi connectivity index (χ4n) is 1.79. The van der Waals surface area contributed by atoms with E-state index in [1.165, 1.54) is 26.4 Å². The summed E-state index contributed by atoms with van der Waals surface area (Å²) in [6.45, 7) is 0. The Morgan fingerprint density at radius 3 is 2.36 bits per heavy atom. The van der Waals surface area contributed by atoms with Crippen molar-refractivity contribution >= 4 is 11.6 Å². The SMILES string of the molecule is COc1ccc(NC(=O)c2ccc(F)c(F)c2F)c(OC)c1. The molecule has 0 spiro atoms. The van der Waals surface area contributed by atoms with Crippen LogP contribution in [0.2, 0.25) is 0 Å². The fourth-order valence-corrected chi connectivity index (χ4v) is 1.79. The summed E-state index contributed by atoms with van der Waals surface area (Å²) in [7, 11) is 2.84. The van der Waals surface area contributed by atoms with Gasteiger partial charge in [-0.1, -0.05) is 0 Å². The monoisotopic (exact) mass is 311 g/mol. The first kappa shape index (κ1) is 15.7. The Bertz CT molecular complexity index is 719. The number of rotatable bonds is 4. The highest BCUT2D eigenvalue weighted by atomic mass is 19.2. The number of anilines is 1. The Labute approximate surface area is 124 Å². The van der Waals surface area contributed by atoms with Crippen LogP contribution in [0, 0.1) is 17.5 Å². The predicted octanol–water partition coefficient (Wildman–Crippen LogP) is 3.37. The van der Waals surface area contributed by atoms with E-state index in [1.807, 2.05) is 0 Å². The highest BCUT2D eigenvalue weighted by Crippen LogP contribution is 2.29. The Hall–Kier alpha value is -2.70. The second kappa shape index (κ2) is 6.38. The van der Waals surface area contributed by atoms with Gasteiger partial charge in [0.05, 0.1) is 25.5 Å². The van der Waals surface area contributed by atoms with Crippen LogP contribution in [0.3, 0.4) is 0 Å². The molecular formula is C15H12F3NO3. The van der Waals surface area contributed by atoms with E-state index < -0.39 is 28.9 Å². The standard InChI is InChI=1S/C15H12F3NO3/c1-21-8-3-6-11(12(7-8)22-2)19-15(20)9-4-5-10(16)14(18)13(9)17/h3-7H,1-2H3,(H,19,20). The van der Waals surface area contributed by atoms with E-state index in [-0.39, 0.29) is 11.4 Å². The lowest BCUT2D eigenvalue weighted by atomic mass is 10.1. The van der Waals surface area contributed by atoms with E-state index in [0.717, 1.165) is 6.07 Å². The summed E-state index contributed by atoms with van der Waals surface area (Å²) in [4.78, 5) is 12.0. The zero-order valence-electron chi connectivity index (χ0n) is 11.7. The molecular weight excluding hydrogens is 299 g/mol. The lowest BCUT2D eigenvalue weighted by Gasteiger charge is -2.12. The summed E-state index contributed by atoms with van der Waals surface area (Å²) < 4.78 is 49.7. The normalized spacial score (nSPS) is 10.2. The van der Waals surface area contributed by atoms with Gasteiger partial charge >= 0.3 is 0 Å². The summed E-state index contributed by atoms with van der Waals surface area (Å²) in [6, 6.07) is 6.09. The molecule has 0 aliphatic heterocycles. The molecule has 1 N–H and O–H groups in total. The lowest BCUT2D eigenvalue weighted by Crippen LogP contribution is -2.15. The van der Waals surface area contributed by atoms with Gasteiger partial charge in [-0.25, -0.2) is 13.2 Å². The molecule has 0 heterocycles. The van der Waals surface area contributed by atoms with Crippen molar-refractivity contribution in [2.45, 2.75) is 0 Å². The molecule has 7 heteroatoms. The molecule has 1 amide bonds. The van der Waals surface area contributed by atoms with Gasteiger partial charge in [-0.15, -0.1) is 0 Å². The minimum Gasteiger partial charge on any atom is -0.497 e. The highest BCUT2D eigenvalue weighted by Gasteiger charge is 2.19. The third kappa shape index (κ3) is 2.98. The van der Waals surface area contributed by atoms with Crippen molar-refractivity contribution in [1.82, 2.24) is 0 Å². The summed E-state index contributed by atoms with van der Waals surface area (Å²) >= 11 is 0. The molecule has 0 aliphatic carbocycles. The first-order chi connectivity index (χ1) is 10.5. The molecule has 0 fully saturated rings. The van der Waals surface area contributed by atoms with Crippen molar-refractivity contribution in [1.29, 1.82) is 0 Å². The van der Waals surface area contributed by atoms with Crippen LogP contribution in [0.15, 0.2) is 30.3 Å². The van der Waals surface area contributed by atoms with Crippen molar-refractivity contribution < 1.29 is 27.4 Å². The Balaban J connectivity index is 2.31. The fraction of sp³-hybridized carbons (Fsp3) is 0.133. The van der Waals surface area contributed by atoms with Gasteiger partial charge in [-0.2, -0.15) is 0 Å². The first-order valence-corrected chi connectivity index (χ1v) is 6.14. The zero-order valence-corrected chi connectivity index (χ0v) is 11.7. The maximum absolute atomic E-state index is 13.6. The maximum Gasteiger partial charge on any atom is 0.258 e. The molecule has 116 valence electrons. The van der Waals surface area contributed by atoms with Crippen LogP contribution in [-0.2, 0) is 0 Å². The minimum absolute atomic E-state index is 0.234. The van der Waals surface area contributed by atoms with Crippen LogP contribution >= 0.6 is 0 Å². The Morgan fingerprint density at radius 2 is 1.73 bits per heavy atom. The molecule has 0 saturated heterocycles. The molecule has 0 atom stereocenters. The average molecular weight is 311 g/mol. The first-order valence-electron chi connectivity index (χ1n) is 6.14. The van der Waals surface area contributed by atoms with E-state index in [0.29, 0.717) is 11.8 Å². The van der Waals surface area contributed by atoms with E-state index in [4.69, 9.17) is 9.47 Å². The molecule has 2 rings (SSSR count). The van der Waals surface area contributed by atoms with Gasteiger partial charge in [0.25, 0.3) is 5.91 Å². The van der Waals surface area contributed by atoms with Crippen molar-refractivity contribution in [2.75, 3.05) is 19.5 Å². The van der Waals surface area contributed by atoms with Gasteiger partial charge in [0.2, 0.25) is 0 Å². The number of nitrogens with one attached hydrogen (secondary N) is 1. The summed E-state index contributed by atoms with van der Waals surface area (Å²) in [5.41, 5.74) is -0.380. The number of benzene rings is 2. The molecule has 0 saturated carbocycles. The number of carbonyl (C=O) groups is 1. The van der Waals surface area contributed by atoms with Crippen molar-refractivity contribution in [3.05, 3.63) is 53.3 Å². The molecule has 0 aromatic heterocycles. The molecule has 2 aromatic carbocycles. The predicted molar refractivity (Wildman–Crippen MR) is 73.8 cm³/mol. The van der Waals surface area contributed by atoms with Gasteiger partial charge in [0, 0.05) is 6.07 Å². The second-order valence-corrected chi connectivity index (χ2v) is 4.24. The molecule has 2 aromatic rings. The quantitative estimate of drug-likeness (QED) is 0.881. The summed E-state index contributed by atoms with van der Waals surface area (Å²) in [5, 5.41) is 2.37. The number of carbonyl (C=O) groups excluding carboxylic acids is 1. The van der Waals surface area contributed by atoms with Crippen LogP contribution in [-0.4, -0.2) is 20.1 Å². The van der Waals surface area contributed by atoms with E-state index >= 15 is 0 Å². The largest absolute Gasteiger partial charge is 0.497 e. The number of amides is 1. The smallest absolute Gasteiger partial charge is 0.258 e. The number of hydrogen-bond donors (Lipinski definition) is 1. The van der Waals surface area contributed by atoms with Crippen LogP contribution in [0.1, 0.15) is 10.4 Å². The van der Waals surface area contributed by atoms with Crippen molar-refractivity contribution in [3.8, 4) is 11.5 Å². The highest BCUT2D eigenvalue weighted by molar-refractivity contribution is 6.05. The summed E-state index contributed by atoms with van der Waals surface area (Å²) in [5.74, 6) is -4.78. The topological polar surface area (TPSA) is 47.6 Å². The van der Waals surface area contributed by atoms with Gasteiger partial charge in [-0.05, 0) is 24.3 Å². The van der Waals surface area contributed by atoms with E-state index in [1.54, 1.807) is 6.07 Å². The third-order valence-electron chi connectivity index (χ3n) is 2.94. The number of methoxy groups -OCH3 is 2. The summed E-state index contributed by atoms with van der Waals surface area (Å²) in [6.07, 6.45) is 0. The van der Waals surface area contributed by atoms with Gasteiger partial charge < -0.3 is 14.8 Å². The Morgan fingerprint density at radius 1 is 1.00 bits per heavy atom. The van der Waals surface area contributed by atoms with Gasteiger partial charge in [0.15, 0.2) is 17.5 Å². The number of hydrogen-bond acceptors (Lipinski definition) is 3. The van der Waals surface area contributed by atoms with Gasteiger partial charge in [0.1, 0.15) is 11.5 Å². The maximum atomic E-state index is 13.6. The molecule has 4 nitrogen and oxygen atoms in total. The molecule has 0 radical (unpaired) electrons. The van der Waals surface area contributed by atoms with Crippen LogP contribution in [0.4, 0.5) is 18.9 Å². The number of ether oxygens (including phenoxy) is 2. The van der Waals surface area contributed by atoms with Crippen LogP contribution < -0.4 is 14.8 Å². The molecule has 0 aliphatic rings. The lowest BCUT2D eigenvalue weighted by molar-refractivity contribution is 0.102. The van der Waals surface area contributed by atoms with Crippen LogP contribution in [0.25, 0.3) is 0 Å². The van der Waals surface area contributed by atoms with Crippen LogP contribution in [0.5, 0.6) is 11.5 Å². The number of halogens is 3. The zero-order chi connectivity index (χ0) is 16.3. The third-order valence-corrected chi connectivity index (χ3v) is 2.94. The second-order valence-electron chi connectivity index (χ2n) is 4.24. The minimum atomic E-state index is -1.70.